The van der Waals surface area contributed by atoms with Gasteiger partial charge in [0.15, 0.2) is 0 Å². The van der Waals surface area contributed by atoms with Crippen LogP contribution in [-0.2, 0) is 0 Å². The zero-order valence-electron chi connectivity index (χ0n) is 10.8. The molecule has 0 amide bonds. The van der Waals surface area contributed by atoms with Gasteiger partial charge in [0.1, 0.15) is 0 Å². The maximum Gasteiger partial charge on any atom is 0.00498 e. The van der Waals surface area contributed by atoms with E-state index in [9.17, 15) is 0 Å². The smallest absolute Gasteiger partial charge is 0.00498 e. The van der Waals surface area contributed by atoms with Gasteiger partial charge in [-0.25, -0.2) is 0 Å². The Bertz CT molecular complexity index is 250. The van der Waals surface area contributed by atoms with Gasteiger partial charge in [-0.3, -0.25) is 0 Å². The molecule has 0 atom stereocenters. The van der Waals surface area contributed by atoms with Crippen molar-refractivity contribution in [2.45, 2.75) is 58.8 Å². The molecule has 1 radical (unpaired) electrons. The normalized spacial score (nSPS) is 10.9. The van der Waals surface area contributed by atoms with E-state index in [1.54, 1.807) is 5.92 Å². The third-order valence-corrected chi connectivity index (χ3v) is 3.10. The lowest BCUT2D eigenvalue weighted by Crippen LogP contribution is -2.00. The van der Waals surface area contributed by atoms with Gasteiger partial charge in [-0.15, -0.1) is 0 Å². The summed E-state index contributed by atoms with van der Waals surface area (Å²) in [6.45, 7) is 4.54. The summed E-state index contributed by atoms with van der Waals surface area (Å²) in [6.07, 6.45) is 9.23. The highest BCUT2D eigenvalue weighted by Crippen LogP contribution is 2.26. The van der Waals surface area contributed by atoms with Gasteiger partial charge in [0.2, 0.25) is 0 Å². The summed E-state index contributed by atoms with van der Waals surface area (Å²) in [5, 5.41) is 0. The summed E-state index contributed by atoms with van der Waals surface area (Å²) in [4.78, 5) is 0. The average Bonchev–Trinajstić information content (AvgIpc) is 2.35. The maximum atomic E-state index is 2.27. The number of rotatable bonds is 8. The highest BCUT2D eigenvalue weighted by molar-refractivity contribution is 5.30. The van der Waals surface area contributed by atoms with E-state index < -0.39 is 0 Å². The van der Waals surface area contributed by atoms with Gasteiger partial charge >= 0.3 is 0 Å². The molecule has 0 aromatic heterocycles. The molecule has 0 saturated heterocycles. The highest BCUT2D eigenvalue weighted by Gasteiger charge is 2.10. The predicted molar refractivity (Wildman–Crippen MR) is 72.5 cm³/mol. The van der Waals surface area contributed by atoms with E-state index in [0.717, 1.165) is 0 Å². The van der Waals surface area contributed by atoms with Crippen LogP contribution in [0.1, 0.15) is 64.4 Å². The quantitative estimate of drug-likeness (QED) is 0.513. The highest BCUT2D eigenvalue weighted by atomic mass is 14.1. The molecule has 0 aliphatic heterocycles. The molecule has 0 heteroatoms. The summed E-state index contributed by atoms with van der Waals surface area (Å²) in [5.74, 6) is 1.66. The molecule has 1 aromatic rings. The SMILES string of the molecule is CCCCC[C](CCCC)c1ccccc1. The molecule has 0 aliphatic rings. The largest absolute Gasteiger partial charge is 0.0654 e. The first-order valence-corrected chi connectivity index (χ1v) is 6.78. The predicted octanol–water partition coefficient (Wildman–Crippen LogP) is 5.38. The van der Waals surface area contributed by atoms with Crippen LogP contribution < -0.4 is 0 Å². The number of benzene rings is 1. The molecule has 0 aliphatic carbocycles. The van der Waals surface area contributed by atoms with Crippen molar-refractivity contribution in [3.8, 4) is 0 Å². The Kier molecular flexibility index (Phi) is 6.96. The van der Waals surface area contributed by atoms with E-state index in [1.165, 1.54) is 50.5 Å². The van der Waals surface area contributed by atoms with Crippen LogP contribution in [0.15, 0.2) is 30.3 Å². The molecule has 0 saturated carbocycles. The Balaban J connectivity index is 2.49. The summed E-state index contributed by atoms with van der Waals surface area (Å²) in [5.41, 5.74) is 1.46. The molecule has 1 aromatic carbocycles. The van der Waals surface area contributed by atoms with Crippen molar-refractivity contribution in [2.75, 3.05) is 0 Å². The van der Waals surface area contributed by atoms with E-state index in [0.29, 0.717) is 0 Å². The van der Waals surface area contributed by atoms with Crippen LogP contribution in [0.5, 0.6) is 0 Å². The lowest BCUT2D eigenvalue weighted by atomic mass is 9.89. The molecule has 1 rings (SSSR count). The molecule has 0 nitrogen and oxygen atoms in total. The Morgan fingerprint density at radius 3 is 2.06 bits per heavy atom. The first-order chi connectivity index (χ1) is 7.88. The first kappa shape index (κ1) is 13.3. The average molecular weight is 217 g/mol. The second-order valence-corrected chi connectivity index (χ2v) is 4.53. The van der Waals surface area contributed by atoms with Crippen LogP contribution in [0.3, 0.4) is 0 Å². The molecule has 0 bridgehead atoms. The third kappa shape index (κ3) is 4.83. The molecular weight excluding hydrogens is 192 g/mol. The molecule has 89 valence electrons. The van der Waals surface area contributed by atoms with E-state index in [2.05, 4.69) is 44.2 Å². The molecule has 0 N–H and O–H groups in total. The van der Waals surface area contributed by atoms with Gasteiger partial charge in [0.25, 0.3) is 0 Å². The van der Waals surface area contributed by atoms with Gasteiger partial charge < -0.3 is 0 Å². The van der Waals surface area contributed by atoms with Crippen LogP contribution >= 0.6 is 0 Å². The van der Waals surface area contributed by atoms with Crippen molar-refractivity contribution in [1.29, 1.82) is 0 Å². The van der Waals surface area contributed by atoms with Crippen LogP contribution in [-0.4, -0.2) is 0 Å². The first-order valence-electron chi connectivity index (χ1n) is 6.78. The zero-order valence-corrected chi connectivity index (χ0v) is 10.8. The topological polar surface area (TPSA) is 0 Å². The molecular formula is C16H25. The van der Waals surface area contributed by atoms with Gasteiger partial charge in [-0.05, 0) is 18.4 Å². The minimum absolute atomic E-state index is 1.28. The minimum atomic E-state index is 1.28. The van der Waals surface area contributed by atoms with Crippen molar-refractivity contribution < 1.29 is 0 Å². The van der Waals surface area contributed by atoms with Crippen LogP contribution in [0.2, 0.25) is 0 Å². The minimum Gasteiger partial charge on any atom is -0.0654 e. The number of unbranched alkanes of at least 4 members (excludes halogenated alkanes) is 3. The van der Waals surface area contributed by atoms with E-state index in [-0.39, 0.29) is 0 Å². The third-order valence-electron chi connectivity index (χ3n) is 3.10. The van der Waals surface area contributed by atoms with E-state index >= 15 is 0 Å². The molecule has 0 spiro atoms. The fraction of sp³-hybridized carbons (Fsp3) is 0.562. The fourth-order valence-electron chi connectivity index (χ4n) is 2.07. The Hall–Kier alpha value is -0.780. The van der Waals surface area contributed by atoms with Gasteiger partial charge in [0, 0.05) is 5.92 Å². The number of hydrogen-bond acceptors (Lipinski definition) is 0. The molecule has 16 heavy (non-hydrogen) atoms. The Labute approximate surface area is 101 Å². The second kappa shape index (κ2) is 8.38. The van der Waals surface area contributed by atoms with Crippen LogP contribution in [0, 0.1) is 5.92 Å². The summed E-state index contributed by atoms with van der Waals surface area (Å²) < 4.78 is 0. The standard InChI is InChI=1S/C16H25/c1-3-5-8-12-15(11-6-4-2)16-13-9-7-10-14-16/h7,9-10,13-14H,3-6,8,11-12H2,1-2H3. The van der Waals surface area contributed by atoms with Crippen LogP contribution in [0.25, 0.3) is 0 Å². The van der Waals surface area contributed by atoms with Crippen molar-refractivity contribution in [1.82, 2.24) is 0 Å². The molecule has 0 fully saturated rings. The van der Waals surface area contributed by atoms with Gasteiger partial charge in [-0.1, -0.05) is 76.3 Å². The summed E-state index contributed by atoms with van der Waals surface area (Å²) in [6, 6.07) is 10.9. The Morgan fingerprint density at radius 1 is 0.812 bits per heavy atom. The molecule has 0 heterocycles. The second-order valence-electron chi connectivity index (χ2n) is 4.53. The zero-order chi connectivity index (χ0) is 11.6. The van der Waals surface area contributed by atoms with Crippen molar-refractivity contribution >= 4 is 0 Å². The van der Waals surface area contributed by atoms with Crippen molar-refractivity contribution in [3.05, 3.63) is 41.8 Å². The van der Waals surface area contributed by atoms with Crippen molar-refractivity contribution in [3.63, 3.8) is 0 Å². The Morgan fingerprint density at radius 2 is 1.44 bits per heavy atom. The van der Waals surface area contributed by atoms with Gasteiger partial charge in [0.05, 0.1) is 0 Å². The number of hydrogen-bond donors (Lipinski definition) is 0. The van der Waals surface area contributed by atoms with E-state index in [1.807, 2.05) is 0 Å². The summed E-state index contributed by atoms with van der Waals surface area (Å²) >= 11 is 0. The summed E-state index contributed by atoms with van der Waals surface area (Å²) in [7, 11) is 0. The fourth-order valence-corrected chi connectivity index (χ4v) is 2.07. The van der Waals surface area contributed by atoms with Gasteiger partial charge in [-0.2, -0.15) is 0 Å². The van der Waals surface area contributed by atoms with Crippen molar-refractivity contribution in [2.24, 2.45) is 0 Å². The monoisotopic (exact) mass is 217 g/mol. The molecule has 0 unspecified atom stereocenters. The van der Waals surface area contributed by atoms with E-state index in [4.69, 9.17) is 0 Å². The lowest BCUT2D eigenvalue weighted by molar-refractivity contribution is 0.631. The lowest BCUT2D eigenvalue weighted by Gasteiger charge is -2.16. The van der Waals surface area contributed by atoms with Crippen LogP contribution in [0.4, 0.5) is 0 Å². The maximum absolute atomic E-state index is 2.27.